The molecule has 0 aliphatic rings. The van der Waals surface area contributed by atoms with Crippen molar-refractivity contribution in [2.75, 3.05) is 11.4 Å². The first-order valence-corrected chi connectivity index (χ1v) is 5.47. The van der Waals surface area contributed by atoms with Gasteiger partial charge in [0.1, 0.15) is 0 Å². The van der Waals surface area contributed by atoms with E-state index in [0.717, 1.165) is 18.7 Å². The number of amides is 1. The Morgan fingerprint density at radius 2 is 2.00 bits per heavy atom. The van der Waals surface area contributed by atoms with E-state index in [4.69, 9.17) is 0 Å². The van der Waals surface area contributed by atoms with Gasteiger partial charge in [0.15, 0.2) is 0 Å². The zero-order valence-electron chi connectivity index (χ0n) is 10.0. The molecular formula is C13H19NO. The Balaban J connectivity index is 3.05. The van der Waals surface area contributed by atoms with Crippen molar-refractivity contribution in [2.45, 2.75) is 34.1 Å². The number of hydrogen-bond acceptors (Lipinski definition) is 1. The molecule has 0 saturated carbocycles. The van der Waals surface area contributed by atoms with E-state index in [1.807, 2.05) is 13.0 Å². The smallest absolute Gasteiger partial charge is 0.223 e. The summed E-state index contributed by atoms with van der Waals surface area (Å²) in [6, 6.07) is 6.22. The highest BCUT2D eigenvalue weighted by Crippen LogP contribution is 2.19. The van der Waals surface area contributed by atoms with Crippen LogP contribution < -0.4 is 4.90 Å². The zero-order valence-corrected chi connectivity index (χ0v) is 10.0. The Hall–Kier alpha value is -1.31. The van der Waals surface area contributed by atoms with E-state index in [1.54, 1.807) is 11.8 Å². The second kappa shape index (κ2) is 4.96. The van der Waals surface area contributed by atoms with Gasteiger partial charge in [-0.15, -0.1) is 0 Å². The van der Waals surface area contributed by atoms with Gasteiger partial charge in [-0.2, -0.15) is 0 Å². The van der Waals surface area contributed by atoms with Crippen molar-refractivity contribution in [2.24, 2.45) is 0 Å². The highest BCUT2D eigenvalue weighted by molar-refractivity contribution is 5.91. The molecule has 0 atom stereocenters. The number of nitrogens with zero attached hydrogens (tertiary/aromatic N) is 1. The van der Waals surface area contributed by atoms with Gasteiger partial charge in [0.05, 0.1) is 0 Å². The molecule has 0 bridgehead atoms. The number of benzene rings is 1. The van der Waals surface area contributed by atoms with Crippen molar-refractivity contribution >= 4 is 11.6 Å². The lowest BCUT2D eigenvalue weighted by molar-refractivity contribution is -0.116. The van der Waals surface area contributed by atoms with Crippen LogP contribution in [0.25, 0.3) is 0 Å². The van der Waals surface area contributed by atoms with Crippen LogP contribution in [0, 0.1) is 6.92 Å². The van der Waals surface area contributed by atoms with Crippen LogP contribution in [-0.4, -0.2) is 12.5 Å². The van der Waals surface area contributed by atoms with Gasteiger partial charge in [-0.1, -0.05) is 13.0 Å². The van der Waals surface area contributed by atoms with Crippen molar-refractivity contribution in [3.05, 3.63) is 29.3 Å². The third kappa shape index (κ3) is 2.58. The quantitative estimate of drug-likeness (QED) is 0.743. The van der Waals surface area contributed by atoms with Crippen molar-refractivity contribution in [1.82, 2.24) is 0 Å². The van der Waals surface area contributed by atoms with Crippen molar-refractivity contribution < 1.29 is 4.79 Å². The van der Waals surface area contributed by atoms with Crippen LogP contribution >= 0.6 is 0 Å². The summed E-state index contributed by atoms with van der Waals surface area (Å²) in [4.78, 5) is 13.2. The Morgan fingerprint density at radius 3 is 2.40 bits per heavy atom. The number of hydrogen-bond donors (Lipinski definition) is 0. The fraction of sp³-hybridized carbons (Fsp3) is 0.462. The van der Waals surface area contributed by atoms with Gasteiger partial charge in [-0.3, -0.25) is 4.79 Å². The lowest BCUT2D eigenvalue weighted by Crippen LogP contribution is -2.27. The predicted molar refractivity (Wildman–Crippen MR) is 64.3 cm³/mol. The van der Waals surface area contributed by atoms with Gasteiger partial charge in [0, 0.05) is 19.2 Å². The first-order chi connectivity index (χ1) is 7.10. The number of carbonyl (C=O) groups excluding carboxylic acids is 1. The van der Waals surface area contributed by atoms with Crippen LogP contribution in [0.1, 0.15) is 31.9 Å². The second-order valence-electron chi connectivity index (χ2n) is 3.73. The summed E-state index contributed by atoms with van der Waals surface area (Å²) in [6.07, 6.45) is 1.04. The van der Waals surface area contributed by atoms with E-state index in [2.05, 4.69) is 26.0 Å². The topological polar surface area (TPSA) is 20.3 Å². The molecule has 0 spiro atoms. The van der Waals surface area contributed by atoms with Gasteiger partial charge >= 0.3 is 0 Å². The average Bonchev–Trinajstić information content (AvgIpc) is 2.18. The molecule has 0 N–H and O–H groups in total. The molecule has 0 aliphatic heterocycles. The molecule has 0 radical (unpaired) electrons. The van der Waals surface area contributed by atoms with E-state index < -0.39 is 0 Å². The van der Waals surface area contributed by atoms with E-state index in [-0.39, 0.29) is 5.91 Å². The highest BCUT2D eigenvalue weighted by atomic mass is 16.2. The van der Waals surface area contributed by atoms with Gasteiger partial charge in [0.2, 0.25) is 5.91 Å². The monoisotopic (exact) mass is 205 g/mol. The highest BCUT2D eigenvalue weighted by Gasteiger charge is 2.09. The first kappa shape index (κ1) is 11.8. The SMILES string of the molecule is CCc1ccc(N(CC)C(C)=O)cc1C. The molecule has 0 saturated heterocycles. The summed E-state index contributed by atoms with van der Waals surface area (Å²) in [5.74, 6) is 0.0983. The third-order valence-corrected chi connectivity index (χ3v) is 2.72. The van der Waals surface area contributed by atoms with E-state index in [0.29, 0.717) is 0 Å². The summed E-state index contributed by atoms with van der Waals surface area (Å²) >= 11 is 0. The molecule has 1 rings (SSSR count). The van der Waals surface area contributed by atoms with Crippen LogP contribution in [0.3, 0.4) is 0 Å². The molecule has 1 aromatic carbocycles. The predicted octanol–water partition coefficient (Wildman–Crippen LogP) is 2.93. The fourth-order valence-corrected chi connectivity index (χ4v) is 1.83. The molecule has 15 heavy (non-hydrogen) atoms. The Labute approximate surface area is 91.9 Å². The Kier molecular flexibility index (Phi) is 3.89. The van der Waals surface area contributed by atoms with Gasteiger partial charge in [-0.25, -0.2) is 0 Å². The minimum atomic E-state index is 0.0983. The fourth-order valence-electron chi connectivity index (χ4n) is 1.83. The zero-order chi connectivity index (χ0) is 11.4. The van der Waals surface area contributed by atoms with Crippen molar-refractivity contribution in [1.29, 1.82) is 0 Å². The van der Waals surface area contributed by atoms with Crippen LogP contribution in [-0.2, 0) is 11.2 Å². The molecule has 82 valence electrons. The maximum absolute atomic E-state index is 11.4. The molecule has 0 aromatic heterocycles. The van der Waals surface area contributed by atoms with Crippen LogP contribution in [0.2, 0.25) is 0 Å². The Morgan fingerprint density at radius 1 is 1.33 bits per heavy atom. The molecule has 0 fully saturated rings. The summed E-state index contributed by atoms with van der Waals surface area (Å²) in [7, 11) is 0. The minimum Gasteiger partial charge on any atom is -0.313 e. The molecule has 2 nitrogen and oxygen atoms in total. The Bertz CT molecular complexity index is 358. The largest absolute Gasteiger partial charge is 0.313 e. The van der Waals surface area contributed by atoms with E-state index >= 15 is 0 Å². The first-order valence-electron chi connectivity index (χ1n) is 5.47. The summed E-state index contributed by atoms with van der Waals surface area (Å²) in [5, 5.41) is 0. The van der Waals surface area contributed by atoms with Crippen LogP contribution in [0.5, 0.6) is 0 Å². The average molecular weight is 205 g/mol. The molecule has 1 amide bonds. The van der Waals surface area contributed by atoms with E-state index in [9.17, 15) is 4.79 Å². The summed E-state index contributed by atoms with van der Waals surface area (Å²) in [6.45, 7) is 8.55. The summed E-state index contributed by atoms with van der Waals surface area (Å²) < 4.78 is 0. The number of carbonyl (C=O) groups is 1. The maximum Gasteiger partial charge on any atom is 0.223 e. The molecule has 0 heterocycles. The van der Waals surface area contributed by atoms with Crippen LogP contribution in [0.4, 0.5) is 5.69 Å². The lowest BCUT2D eigenvalue weighted by Gasteiger charge is -2.20. The molecule has 2 heteroatoms. The number of aryl methyl sites for hydroxylation is 2. The number of rotatable bonds is 3. The lowest BCUT2D eigenvalue weighted by atomic mass is 10.1. The summed E-state index contributed by atoms with van der Waals surface area (Å²) in [5.41, 5.74) is 3.60. The van der Waals surface area contributed by atoms with E-state index in [1.165, 1.54) is 11.1 Å². The third-order valence-electron chi connectivity index (χ3n) is 2.72. The van der Waals surface area contributed by atoms with Gasteiger partial charge < -0.3 is 4.90 Å². The molecule has 1 aromatic rings. The standard InChI is InChI=1S/C13H19NO/c1-5-12-7-8-13(9-10(12)3)14(6-2)11(4)15/h7-9H,5-6H2,1-4H3. The van der Waals surface area contributed by atoms with Crippen molar-refractivity contribution in [3.63, 3.8) is 0 Å². The maximum atomic E-state index is 11.4. The van der Waals surface area contributed by atoms with Crippen LogP contribution in [0.15, 0.2) is 18.2 Å². The number of anilines is 1. The van der Waals surface area contributed by atoms with Gasteiger partial charge in [0.25, 0.3) is 0 Å². The second-order valence-corrected chi connectivity index (χ2v) is 3.73. The van der Waals surface area contributed by atoms with Gasteiger partial charge in [-0.05, 0) is 43.5 Å². The molecular weight excluding hydrogens is 186 g/mol. The minimum absolute atomic E-state index is 0.0983. The normalized spacial score (nSPS) is 10.1. The molecule has 0 aliphatic carbocycles. The van der Waals surface area contributed by atoms with Crippen molar-refractivity contribution in [3.8, 4) is 0 Å². The molecule has 0 unspecified atom stereocenters.